The van der Waals surface area contributed by atoms with Gasteiger partial charge in [-0.2, -0.15) is 0 Å². The SMILES string of the molecule is CC[C@H]1CC[C@H](c2ccc3cc(OC)ccc3c2)CC1. The Morgan fingerprint density at radius 2 is 1.65 bits per heavy atom. The van der Waals surface area contributed by atoms with Gasteiger partial charge in [0.2, 0.25) is 0 Å². The van der Waals surface area contributed by atoms with Crippen molar-refractivity contribution < 1.29 is 4.74 Å². The molecule has 0 aromatic heterocycles. The molecule has 1 nitrogen and oxygen atoms in total. The molecule has 3 rings (SSSR count). The van der Waals surface area contributed by atoms with E-state index in [2.05, 4.69) is 43.3 Å². The van der Waals surface area contributed by atoms with E-state index in [1.165, 1.54) is 48.4 Å². The van der Waals surface area contributed by atoms with Gasteiger partial charge in [-0.25, -0.2) is 0 Å². The third-order valence-corrected chi connectivity index (χ3v) is 4.97. The van der Waals surface area contributed by atoms with Gasteiger partial charge in [-0.15, -0.1) is 0 Å². The van der Waals surface area contributed by atoms with Crippen molar-refractivity contribution in [2.75, 3.05) is 7.11 Å². The molecule has 1 aliphatic carbocycles. The summed E-state index contributed by atoms with van der Waals surface area (Å²) >= 11 is 0. The van der Waals surface area contributed by atoms with Gasteiger partial charge in [-0.1, -0.05) is 37.6 Å². The fraction of sp³-hybridized carbons (Fsp3) is 0.474. The fourth-order valence-electron chi connectivity index (χ4n) is 3.53. The lowest BCUT2D eigenvalue weighted by Gasteiger charge is -2.28. The highest BCUT2D eigenvalue weighted by Gasteiger charge is 2.21. The van der Waals surface area contributed by atoms with Crippen LogP contribution < -0.4 is 4.74 Å². The molecule has 0 bridgehead atoms. The molecule has 0 radical (unpaired) electrons. The van der Waals surface area contributed by atoms with Gasteiger partial charge < -0.3 is 4.74 Å². The van der Waals surface area contributed by atoms with Gasteiger partial charge >= 0.3 is 0 Å². The molecule has 0 unspecified atom stereocenters. The van der Waals surface area contributed by atoms with Crippen LogP contribution in [-0.2, 0) is 0 Å². The standard InChI is InChI=1S/C19H24O/c1-3-14-4-6-15(7-5-14)16-8-9-18-13-19(20-2)11-10-17(18)12-16/h8-15H,3-7H2,1-2H3/t14-,15-. The van der Waals surface area contributed by atoms with Crippen molar-refractivity contribution in [3.05, 3.63) is 42.0 Å². The number of ether oxygens (including phenoxy) is 1. The van der Waals surface area contributed by atoms with Crippen molar-refractivity contribution in [2.24, 2.45) is 5.92 Å². The van der Waals surface area contributed by atoms with Crippen molar-refractivity contribution >= 4 is 10.8 Å². The molecule has 2 aromatic carbocycles. The minimum absolute atomic E-state index is 0.768. The van der Waals surface area contributed by atoms with Crippen molar-refractivity contribution in [3.63, 3.8) is 0 Å². The number of methoxy groups -OCH3 is 1. The van der Waals surface area contributed by atoms with Crippen LogP contribution in [0.4, 0.5) is 0 Å². The van der Waals surface area contributed by atoms with Gasteiger partial charge in [0, 0.05) is 0 Å². The molecule has 106 valence electrons. The zero-order valence-electron chi connectivity index (χ0n) is 12.6. The first-order chi connectivity index (χ1) is 9.80. The molecule has 0 N–H and O–H groups in total. The maximum absolute atomic E-state index is 5.29. The number of hydrogen-bond acceptors (Lipinski definition) is 1. The van der Waals surface area contributed by atoms with E-state index in [-0.39, 0.29) is 0 Å². The van der Waals surface area contributed by atoms with Crippen molar-refractivity contribution in [1.29, 1.82) is 0 Å². The summed E-state index contributed by atoms with van der Waals surface area (Å²) in [5, 5.41) is 2.61. The monoisotopic (exact) mass is 268 g/mol. The van der Waals surface area contributed by atoms with Crippen LogP contribution in [0.15, 0.2) is 36.4 Å². The Morgan fingerprint density at radius 1 is 0.950 bits per heavy atom. The Balaban J connectivity index is 1.82. The van der Waals surface area contributed by atoms with Gasteiger partial charge in [0.1, 0.15) is 5.75 Å². The first kappa shape index (κ1) is 13.5. The molecule has 0 heterocycles. The van der Waals surface area contributed by atoms with Gasteiger partial charge in [0.15, 0.2) is 0 Å². The van der Waals surface area contributed by atoms with Crippen LogP contribution >= 0.6 is 0 Å². The van der Waals surface area contributed by atoms with Crippen molar-refractivity contribution in [2.45, 2.75) is 44.9 Å². The molecular weight excluding hydrogens is 244 g/mol. The third-order valence-electron chi connectivity index (χ3n) is 4.97. The van der Waals surface area contributed by atoms with E-state index < -0.39 is 0 Å². The first-order valence-corrected chi connectivity index (χ1v) is 7.88. The average Bonchev–Trinajstić information content (AvgIpc) is 2.54. The molecule has 1 saturated carbocycles. The highest BCUT2D eigenvalue weighted by atomic mass is 16.5. The highest BCUT2D eigenvalue weighted by Crippen LogP contribution is 2.37. The van der Waals surface area contributed by atoms with Gasteiger partial charge in [0.25, 0.3) is 0 Å². The van der Waals surface area contributed by atoms with Gasteiger partial charge in [-0.3, -0.25) is 0 Å². The second-order valence-corrected chi connectivity index (χ2v) is 6.10. The maximum Gasteiger partial charge on any atom is 0.119 e. The second kappa shape index (κ2) is 5.87. The van der Waals surface area contributed by atoms with E-state index in [0.717, 1.165) is 17.6 Å². The summed E-state index contributed by atoms with van der Waals surface area (Å²) < 4.78 is 5.29. The zero-order chi connectivity index (χ0) is 13.9. The zero-order valence-corrected chi connectivity index (χ0v) is 12.6. The lowest BCUT2D eigenvalue weighted by atomic mass is 9.77. The third kappa shape index (κ3) is 2.67. The van der Waals surface area contributed by atoms with Gasteiger partial charge in [0.05, 0.1) is 7.11 Å². The topological polar surface area (TPSA) is 9.23 Å². The average molecular weight is 268 g/mol. The van der Waals surface area contributed by atoms with Crippen molar-refractivity contribution in [1.82, 2.24) is 0 Å². The van der Waals surface area contributed by atoms with Crippen LogP contribution in [0.5, 0.6) is 5.75 Å². The molecule has 0 aliphatic heterocycles. The smallest absolute Gasteiger partial charge is 0.119 e. The largest absolute Gasteiger partial charge is 0.497 e. The summed E-state index contributed by atoms with van der Waals surface area (Å²) in [6.45, 7) is 2.33. The summed E-state index contributed by atoms with van der Waals surface area (Å²) in [5.74, 6) is 2.67. The summed E-state index contributed by atoms with van der Waals surface area (Å²) in [4.78, 5) is 0. The van der Waals surface area contributed by atoms with E-state index in [0.29, 0.717) is 0 Å². The Bertz CT molecular complexity index is 579. The minimum atomic E-state index is 0.768. The second-order valence-electron chi connectivity index (χ2n) is 6.10. The molecule has 0 saturated heterocycles. The van der Waals surface area contributed by atoms with E-state index >= 15 is 0 Å². The summed E-state index contributed by atoms with van der Waals surface area (Å²) in [6.07, 6.45) is 6.88. The van der Waals surface area contributed by atoms with E-state index in [4.69, 9.17) is 4.74 Å². The highest BCUT2D eigenvalue weighted by molar-refractivity contribution is 5.84. The fourth-order valence-corrected chi connectivity index (χ4v) is 3.53. The predicted octanol–water partition coefficient (Wildman–Crippen LogP) is 5.53. The summed E-state index contributed by atoms with van der Waals surface area (Å²) in [7, 11) is 1.72. The number of rotatable bonds is 3. The van der Waals surface area contributed by atoms with E-state index in [1.54, 1.807) is 7.11 Å². The van der Waals surface area contributed by atoms with Crippen molar-refractivity contribution in [3.8, 4) is 5.75 Å². The van der Waals surface area contributed by atoms with Gasteiger partial charge in [-0.05, 0) is 66.0 Å². The quantitative estimate of drug-likeness (QED) is 0.711. The van der Waals surface area contributed by atoms with Crippen LogP contribution in [0.2, 0.25) is 0 Å². The lowest BCUT2D eigenvalue weighted by molar-refractivity contribution is 0.319. The molecular formula is C19H24O. The normalized spacial score (nSPS) is 22.9. The van der Waals surface area contributed by atoms with Crippen LogP contribution in [0.3, 0.4) is 0 Å². The molecule has 0 amide bonds. The number of hydrogen-bond donors (Lipinski definition) is 0. The lowest BCUT2D eigenvalue weighted by Crippen LogP contribution is -2.12. The van der Waals surface area contributed by atoms with E-state index in [1.807, 2.05) is 0 Å². The number of fused-ring (bicyclic) bond motifs is 1. The first-order valence-electron chi connectivity index (χ1n) is 7.88. The Hall–Kier alpha value is -1.50. The Morgan fingerprint density at radius 3 is 2.35 bits per heavy atom. The number of benzene rings is 2. The summed E-state index contributed by atoms with van der Waals surface area (Å²) in [6, 6.07) is 13.3. The molecule has 2 aromatic rings. The Labute approximate surface area is 122 Å². The molecule has 1 aliphatic rings. The molecule has 0 spiro atoms. The summed E-state index contributed by atoms with van der Waals surface area (Å²) in [5.41, 5.74) is 1.53. The molecule has 1 fully saturated rings. The molecule has 0 atom stereocenters. The van der Waals surface area contributed by atoms with E-state index in [9.17, 15) is 0 Å². The molecule has 20 heavy (non-hydrogen) atoms. The maximum atomic E-state index is 5.29. The van der Waals surface area contributed by atoms with Crippen LogP contribution in [0.25, 0.3) is 10.8 Å². The Kier molecular flexibility index (Phi) is 3.95. The molecule has 1 heteroatoms. The van der Waals surface area contributed by atoms with Crippen LogP contribution in [0, 0.1) is 5.92 Å². The van der Waals surface area contributed by atoms with Crippen LogP contribution in [-0.4, -0.2) is 7.11 Å². The minimum Gasteiger partial charge on any atom is -0.497 e. The van der Waals surface area contributed by atoms with Crippen LogP contribution in [0.1, 0.15) is 50.5 Å². The predicted molar refractivity (Wildman–Crippen MR) is 85.5 cm³/mol.